The number of ketones is 1. The number of nitrogens with zero attached hydrogens (tertiary/aromatic N) is 3. The molecule has 3 rings (SSSR count). The van der Waals surface area contributed by atoms with Crippen molar-refractivity contribution in [2.75, 3.05) is 13.1 Å². The van der Waals surface area contributed by atoms with Crippen LogP contribution in [-0.2, 0) is 4.79 Å². The van der Waals surface area contributed by atoms with Crippen LogP contribution in [0.2, 0.25) is 0 Å². The van der Waals surface area contributed by atoms with Gasteiger partial charge in [-0.05, 0) is 12.1 Å². The number of hydrogen-bond donors (Lipinski definition) is 0. The topological polar surface area (TPSA) is 54.7 Å². The monoisotopic (exact) mass is 257 g/mol. The highest BCUT2D eigenvalue weighted by Crippen LogP contribution is 2.18. The van der Waals surface area contributed by atoms with E-state index in [0.29, 0.717) is 25.1 Å². The van der Waals surface area contributed by atoms with Gasteiger partial charge in [-0.2, -0.15) is 5.10 Å². The largest absolute Gasteiger partial charge is 0.337 e. The molecule has 0 bridgehead atoms. The van der Waals surface area contributed by atoms with Gasteiger partial charge in [0.15, 0.2) is 0 Å². The molecule has 0 saturated carbocycles. The zero-order valence-corrected chi connectivity index (χ0v) is 10.7. The van der Waals surface area contributed by atoms with E-state index in [-0.39, 0.29) is 17.6 Å². The molecule has 19 heavy (non-hydrogen) atoms. The SMILES string of the molecule is CC1CN(C(=O)c2cnn3ccccc23)CCC1=O. The van der Waals surface area contributed by atoms with Gasteiger partial charge in [0, 0.05) is 31.6 Å². The maximum absolute atomic E-state index is 12.5. The summed E-state index contributed by atoms with van der Waals surface area (Å²) in [5, 5.41) is 4.17. The zero-order valence-electron chi connectivity index (χ0n) is 10.7. The van der Waals surface area contributed by atoms with Crippen LogP contribution in [0.25, 0.3) is 5.52 Å². The van der Waals surface area contributed by atoms with Gasteiger partial charge in [-0.1, -0.05) is 13.0 Å². The number of carbonyl (C=O) groups is 2. The molecule has 1 aliphatic rings. The minimum atomic E-state index is -0.0699. The molecule has 1 fully saturated rings. The number of likely N-dealkylation sites (tertiary alicyclic amines) is 1. The molecule has 1 atom stereocenters. The molecule has 2 aromatic rings. The van der Waals surface area contributed by atoms with Crippen molar-refractivity contribution in [3.63, 3.8) is 0 Å². The van der Waals surface area contributed by atoms with Crippen LogP contribution in [0, 0.1) is 5.92 Å². The highest BCUT2D eigenvalue weighted by molar-refractivity contribution is 6.01. The summed E-state index contributed by atoms with van der Waals surface area (Å²) in [6, 6.07) is 5.63. The maximum atomic E-state index is 12.5. The normalized spacial score (nSPS) is 19.9. The second kappa shape index (κ2) is 4.50. The summed E-state index contributed by atoms with van der Waals surface area (Å²) < 4.78 is 1.69. The number of pyridine rings is 1. The van der Waals surface area contributed by atoms with Crippen molar-refractivity contribution in [2.24, 2.45) is 5.92 Å². The molecule has 0 N–H and O–H groups in total. The first-order valence-electron chi connectivity index (χ1n) is 6.41. The first kappa shape index (κ1) is 11.9. The van der Waals surface area contributed by atoms with Gasteiger partial charge in [0.05, 0.1) is 17.3 Å². The third-order valence-corrected chi connectivity index (χ3v) is 3.62. The lowest BCUT2D eigenvalue weighted by Crippen LogP contribution is -2.43. The lowest BCUT2D eigenvalue weighted by Gasteiger charge is -2.29. The molecular formula is C14H15N3O2. The Bertz CT molecular complexity index is 647. The molecule has 0 radical (unpaired) electrons. The number of rotatable bonds is 1. The molecule has 5 nitrogen and oxygen atoms in total. The fraction of sp³-hybridized carbons (Fsp3) is 0.357. The van der Waals surface area contributed by atoms with Crippen molar-refractivity contribution in [2.45, 2.75) is 13.3 Å². The summed E-state index contributed by atoms with van der Waals surface area (Å²) in [5.41, 5.74) is 1.40. The van der Waals surface area contributed by atoms with Crippen molar-refractivity contribution in [1.82, 2.24) is 14.5 Å². The van der Waals surface area contributed by atoms with Gasteiger partial charge >= 0.3 is 0 Å². The quantitative estimate of drug-likeness (QED) is 0.775. The van der Waals surface area contributed by atoms with E-state index >= 15 is 0 Å². The lowest BCUT2D eigenvalue weighted by atomic mass is 9.98. The molecule has 3 heterocycles. The molecule has 98 valence electrons. The van der Waals surface area contributed by atoms with Crippen molar-refractivity contribution < 1.29 is 9.59 Å². The summed E-state index contributed by atoms with van der Waals surface area (Å²) in [7, 11) is 0. The minimum absolute atomic E-state index is 0.0412. The number of Topliss-reactive ketones (excluding diaryl/α,β-unsaturated/α-hetero) is 1. The molecule has 5 heteroatoms. The Labute approximate surface area is 110 Å². The van der Waals surface area contributed by atoms with E-state index in [1.807, 2.05) is 31.3 Å². The van der Waals surface area contributed by atoms with Gasteiger partial charge in [-0.15, -0.1) is 0 Å². The standard InChI is InChI=1S/C14H15N3O2/c1-10-9-16(7-5-13(10)18)14(19)11-8-15-17-6-3-2-4-12(11)17/h2-4,6,8,10H,5,7,9H2,1H3. The van der Waals surface area contributed by atoms with Crippen molar-refractivity contribution in [3.05, 3.63) is 36.2 Å². The first-order valence-corrected chi connectivity index (χ1v) is 6.41. The maximum Gasteiger partial charge on any atom is 0.257 e. The highest BCUT2D eigenvalue weighted by Gasteiger charge is 2.28. The van der Waals surface area contributed by atoms with Gasteiger partial charge in [0.2, 0.25) is 0 Å². The molecule has 1 saturated heterocycles. The van der Waals surface area contributed by atoms with E-state index in [2.05, 4.69) is 5.10 Å². The summed E-state index contributed by atoms with van der Waals surface area (Å²) in [5.74, 6) is 0.129. The summed E-state index contributed by atoms with van der Waals surface area (Å²) in [6.07, 6.45) is 3.86. The highest BCUT2D eigenvalue weighted by atomic mass is 16.2. The fourth-order valence-electron chi connectivity index (χ4n) is 2.47. The summed E-state index contributed by atoms with van der Waals surface area (Å²) in [4.78, 5) is 25.7. The number of fused-ring (bicyclic) bond motifs is 1. The molecule has 1 aliphatic heterocycles. The van der Waals surface area contributed by atoms with E-state index in [4.69, 9.17) is 0 Å². The van der Waals surface area contributed by atoms with E-state index in [9.17, 15) is 9.59 Å². The van der Waals surface area contributed by atoms with Gasteiger partial charge in [0.25, 0.3) is 5.91 Å². The molecule has 1 amide bonds. The average Bonchev–Trinajstić information content (AvgIpc) is 2.85. The van der Waals surface area contributed by atoms with Crippen LogP contribution >= 0.6 is 0 Å². The van der Waals surface area contributed by atoms with Crippen LogP contribution in [0.4, 0.5) is 0 Å². The molecule has 0 aromatic carbocycles. The van der Waals surface area contributed by atoms with Crippen molar-refractivity contribution in [3.8, 4) is 0 Å². The van der Waals surface area contributed by atoms with Gasteiger partial charge < -0.3 is 4.90 Å². The van der Waals surface area contributed by atoms with Gasteiger partial charge in [-0.3, -0.25) is 9.59 Å². The Hall–Kier alpha value is -2.17. The van der Waals surface area contributed by atoms with Crippen LogP contribution in [-0.4, -0.2) is 39.3 Å². The second-order valence-corrected chi connectivity index (χ2v) is 4.96. The summed E-state index contributed by atoms with van der Waals surface area (Å²) >= 11 is 0. The molecule has 0 aliphatic carbocycles. The third-order valence-electron chi connectivity index (χ3n) is 3.62. The van der Waals surface area contributed by atoms with Gasteiger partial charge in [-0.25, -0.2) is 4.52 Å². The van der Waals surface area contributed by atoms with Crippen molar-refractivity contribution >= 4 is 17.2 Å². The molecule has 2 aromatic heterocycles. The van der Waals surface area contributed by atoms with Crippen LogP contribution < -0.4 is 0 Å². The Balaban J connectivity index is 1.90. The number of carbonyl (C=O) groups excluding carboxylic acids is 2. The predicted octanol–water partition coefficient (Wildman–Crippen LogP) is 1.39. The predicted molar refractivity (Wildman–Crippen MR) is 69.9 cm³/mol. The number of amides is 1. The van der Waals surface area contributed by atoms with E-state index in [1.165, 1.54) is 0 Å². The Morgan fingerprint density at radius 3 is 3.05 bits per heavy atom. The molecule has 0 spiro atoms. The second-order valence-electron chi connectivity index (χ2n) is 4.96. The van der Waals surface area contributed by atoms with E-state index < -0.39 is 0 Å². The van der Waals surface area contributed by atoms with E-state index in [0.717, 1.165) is 5.52 Å². The number of aromatic nitrogens is 2. The Morgan fingerprint density at radius 1 is 1.42 bits per heavy atom. The van der Waals surface area contributed by atoms with E-state index in [1.54, 1.807) is 15.6 Å². The lowest BCUT2D eigenvalue weighted by molar-refractivity contribution is -0.124. The third kappa shape index (κ3) is 2.01. The van der Waals surface area contributed by atoms with Gasteiger partial charge in [0.1, 0.15) is 5.78 Å². The molecule has 1 unspecified atom stereocenters. The first-order chi connectivity index (χ1) is 9.16. The number of piperidine rings is 1. The van der Waals surface area contributed by atoms with Crippen LogP contribution in [0.3, 0.4) is 0 Å². The van der Waals surface area contributed by atoms with Crippen LogP contribution in [0.5, 0.6) is 0 Å². The Morgan fingerprint density at radius 2 is 2.26 bits per heavy atom. The molecular weight excluding hydrogens is 242 g/mol. The van der Waals surface area contributed by atoms with Crippen molar-refractivity contribution in [1.29, 1.82) is 0 Å². The van der Waals surface area contributed by atoms with Crippen LogP contribution in [0.1, 0.15) is 23.7 Å². The summed E-state index contributed by atoms with van der Waals surface area (Å²) in [6.45, 7) is 2.88. The fourth-order valence-corrected chi connectivity index (χ4v) is 2.47. The number of hydrogen-bond acceptors (Lipinski definition) is 3. The smallest absolute Gasteiger partial charge is 0.257 e. The Kier molecular flexibility index (Phi) is 2.81. The van der Waals surface area contributed by atoms with Crippen LogP contribution in [0.15, 0.2) is 30.6 Å². The average molecular weight is 257 g/mol. The zero-order chi connectivity index (χ0) is 13.4. The minimum Gasteiger partial charge on any atom is -0.337 e.